The minimum absolute atomic E-state index is 0.306. The maximum Gasteiger partial charge on any atom is 0.241 e. The Balaban J connectivity index is 2.23. The number of nitrogens with two attached hydrogens (primary N) is 1. The van der Waals surface area contributed by atoms with Crippen molar-refractivity contribution in [2.75, 3.05) is 0 Å². The van der Waals surface area contributed by atoms with Gasteiger partial charge in [-0.2, -0.15) is 0 Å². The normalized spacial score (nSPS) is 11.8. The number of sulfonamides is 1. The van der Waals surface area contributed by atoms with Crippen molar-refractivity contribution in [3.8, 4) is 0 Å². The largest absolute Gasteiger partial charge is 0.326 e. The van der Waals surface area contributed by atoms with Crippen LogP contribution in [-0.2, 0) is 29.5 Å². The van der Waals surface area contributed by atoms with E-state index in [1.54, 1.807) is 30.4 Å². The van der Waals surface area contributed by atoms with Gasteiger partial charge in [-0.1, -0.05) is 19.1 Å². The van der Waals surface area contributed by atoms with E-state index in [-0.39, 0.29) is 0 Å². The predicted molar refractivity (Wildman–Crippen MR) is 86.8 cm³/mol. The van der Waals surface area contributed by atoms with Gasteiger partial charge in [0.2, 0.25) is 10.0 Å². The Kier molecular flexibility index (Phi) is 5.16. The molecule has 4 nitrogen and oxygen atoms in total. The van der Waals surface area contributed by atoms with E-state index in [2.05, 4.69) is 11.6 Å². The minimum atomic E-state index is -3.52. The lowest BCUT2D eigenvalue weighted by molar-refractivity contribution is 0.581. The zero-order valence-corrected chi connectivity index (χ0v) is 13.9. The van der Waals surface area contributed by atoms with Crippen LogP contribution in [0.15, 0.2) is 34.5 Å². The molecule has 0 saturated heterocycles. The first kappa shape index (κ1) is 16.2. The van der Waals surface area contributed by atoms with Crippen molar-refractivity contribution in [3.63, 3.8) is 0 Å². The predicted octanol–water partition coefficient (Wildman–Crippen LogP) is 2.56. The number of hydrogen-bond donors (Lipinski definition) is 2. The lowest BCUT2D eigenvalue weighted by atomic mass is 10.1. The molecule has 0 bridgehead atoms. The van der Waals surface area contributed by atoms with Gasteiger partial charge in [-0.3, -0.25) is 0 Å². The van der Waals surface area contributed by atoms with E-state index in [1.165, 1.54) is 5.56 Å². The summed E-state index contributed by atoms with van der Waals surface area (Å²) in [4.78, 5) is 1.37. The summed E-state index contributed by atoms with van der Waals surface area (Å²) in [7, 11) is -3.52. The first-order valence-electron chi connectivity index (χ1n) is 6.83. The molecule has 0 aliphatic carbocycles. The summed E-state index contributed by atoms with van der Waals surface area (Å²) in [5, 5.41) is 1.99. The highest BCUT2D eigenvalue weighted by molar-refractivity contribution is 7.89. The molecule has 2 rings (SSSR count). The van der Waals surface area contributed by atoms with Crippen LogP contribution in [0, 0.1) is 6.92 Å². The van der Waals surface area contributed by atoms with Crippen molar-refractivity contribution in [1.82, 2.24) is 4.72 Å². The summed E-state index contributed by atoms with van der Waals surface area (Å²) in [6, 6.07) is 7.23. The lowest BCUT2D eigenvalue weighted by Gasteiger charge is -2.12. The van der Waals surface area contributed by atoms with Crippen LogP contribution in [0.25, 0.3) is 0 Å². The Hall–Kier alpha value is -1.21. The van der Waals surface area contributed by atoms with Gasteiger partial charge in [0.15, 0.2) is 0 Å². The Morgan fingerprint density at radius 3 is 2.67 bits per heavy atom. The third-order valence-corrected chi connectivity index (χ3v) is 6.06. The highest BCUT2D eigenvalue weighted by Gasteiger charge is 2.18. The quantitative estimate of drug-likeness (QED) is 0.858. The molecule has 0 unspecified atom stereocenters. The second kappa shape index (κ2) is 6.70. The van der Waals surface area contributed by atoms with E-state index in [4.69, 9.17) is 5.73 Å². The van der Waals surface area contributed by atoms with Gasteiger partial charge in [-0.25, -0.2) is 13.1 Å². The number of aryl methyl sites for hydroxylation is 1. The van der Waals surface area contributed by atoms with Gasteiger partial charge in [-0.15, -0.1) is 11.3 Å². The van der Waals surface area contributed by atoms with Gasteiger partial charge >= 0.3 is 0 Å². The van der Waals surface area contributed by atoms with Crippen molar-refractivity contribution >= 4 is 21.4 Å². The average molecular weight is 324 g/mol. The van der Waals surface area contributed by atoms with Gasteiger partial charge in [0.25, 0.3) is 0 Å². The van der Waals surface area contributed by atoms with E-state index in [1.807, 2.05) is 17.5 Å². The van der Waals surface area contributed by atoms with Gasteiger partial charge in [0.05, 0.1) is 4.90 Å². The van der Waals surface area contributed by atoms with E-state index in [0.717, 1.165) is 22.4 Å². The van der Waals surface area contributed by atoms with E-state index < -0.39 is 10.0 Å². The van der Waals surface area contributed by atoms with Crippen LogP contribution in [0.2, 0.25) is 0 Å². The molecule has 21 heavy (non-hydrogen) atoms. The molecule has 114 valence electrons. The van der Waals surface area contributed by atoms with Crippen LogP contribution in [0.1, 0.15) is 28.5 Å². The van der Waals surface area contributed by atoms with Crippen molar-refractivity contribution in [3.05, 3.63) is 51.2 Å². The number of thiophene rings is 1. The Labute approximate surface area is 130 Å². The van der Waals surface area contributed by atoms with Gasteiger partial charge in [0, 0.05) is 18.0 Å². The zero-order chi connectivity index (χ0) is 15.5. The molecule has 0 aliphatic rings. The van der Waals surface area contributed by atoms with Crippen molar-refractivity contribution < 1.29 is 8.42 Å². The van der Waals surface area contributed by atoms with Crippen molar-refractivity contribution in [2.45, 2.75) is 38.3 Å². The highest BCUT2D eigenvalue weighted by Crippen LogP contribution is 2.21. The fourth-order valence-electron chi connectivity index (χ4n) is 2.25. The van der Waals surface area contributed by atoms with Crippen LogP contribution in [0.3, 0.4) is 0 Å². The SMILES string of the molecule is CCc1ccsc1CNS(=O)(=O)c1cccc(CN)c1C. The van der Waals surface area contributed by atoms with Gasteiger partial charge < -0.3 is 5.73 Å². The Morgan fingerprint density at radius 2 is 2.00 bits per heavy atom. The molecule has 0 aliphatic heterocycles. The summed E-state index contributed by atoms with van der Waals surface area (Å²) in [5.74, 6) is 0. The summed E-state index contributed by atoms with van der Waals surface area (Å²) in [6.07, 6.45) is 0.905. The molecule has 0 atom stereocenters. The summed E-state index contributed by atoms with van der Waals surface area (Å²) >= 11 is 1.57. The first-order chi connectivity index (χ1) is 9.99. The van der Waals surface area contributed by atoms with Crippen LogP contribution in [-0.4, -0.2) is 8.42 Å². The van der Waals surface area contributed by atoms with Crippen LogP contribution < -0.4 is 10.5 Å². The Bertz CT molecular complexity index is 721. The molecule has 0 fully saturated rings. The number of rotatable bonds is 6. The molecule has 0 amide bonds. The first-order valence-corrected chi connectivity index (χ1v) is 9.19. The summed E-state index contributed by atoms with van der Waals surface area (Å²) in [6.45, 7) is 4.52. The van der Waals surface area contributed by atoms with Crippen LogP contribution in [0.4, 0.5) is 0 Å². The molecular formula is C15H20N2O2S2. The molecule has 1 heterocycles. The van der Waals surface area contributed by atoms with Gasteiger partial charge in [0.1, 0.15) is 0 Å². The minimum Gasteiger partial charge on any atom is -0.326 e. The number of benzene rings is 1. The second-order valence-electron chi connectivity index (χ2n) is 4.79. The molecule has 1 aromatic heterocycles. The third-order valence-electron chi connectivity index (χ3n) is 3.55. The molecule has 0 saturated carbocycles. The lowest BCUT2D eigenvalue weighted by Crippen LogP contribution is -2.24. The molecular weight excluding hydrogens is 304 g/mol. The number of nitrogens with one attached hydrogen (secondary N) is 1. The van der Waals surface area contributed by atoms with Crippen molar-refractivity contribution in [1.29, 1.82) is 0 Å². The molecule has 0 radical (unpaired) electrons. The summed E-state index contributed by atoms with van der Waals surface area (Å²) in [5.41, 5.74) is 8.40. The molecule has 3 N–H and O–H groups in total. The van der Waals surface area contributed by atoms with E-state index in [9.17, 15) is 8.42 Å². The standard InChI is InChI=1S/C15H20N2O2S2/c1-3-12-7-8-20-14(12)10-17-21(18,19)15-6-4-5-13(9-16)11(15)2/h4-8,17H,3,9-10,16H2,1-2H3. The molecule has 0 spiro atoms. The molecule has 6 heteroatoms. The van der Waals surface area contributed by atoms with Gasteiger partial charge in [-0.05, 0) is 47.5 Å². The smallest absolute Gasteiger partial charge is 0.241 e. The molecule has 1 aromatic carbocycles. The van der Waals surface area contributed by atoms with Crippen LogP contribution in [0.5, 0.6) is 0 Å². The topological polar surface area (TPSA) is 72.2 Å². The Morgan fingerprint density at radius 1 is 1.24 bits per heavy atom. The van der Waals surface area contributed by atoms with Crippen LogP contribution >= 0.6 is 11.3 Å². The maximum atomic E-state index is 12.5. The molecule has 2 aromatic rings. The van der Waals surface area contributed by atoms with E-state index >= 15 is 0 Å². The average Bonchev–Trinajstić information content (AvgIpc) is 2.93. The maximum absolute atomic E-state index is 12.5. The highest BCUT2D eigenvalue weighted by atomic mass is 32.2. The fraction of sp³-hybridized carbons (Fsp3) is 0.333. The zero-order valence-electron chi connectivity index (χ0n) is 12.2. The summed E-state index contributed by atoms with van der Waals surface area (Å²) < 4.78 is 27.6. The fourth-order valence-corrected chi connectivity index (χ4v) is 4.54. The van der Waals surface area contributed by atoms with Crippen molar-refractivity contribution in [2.24, 2.45) is 5.73 Å². The second-order valence-corrected chi connectivity index (χ2v) is 7.53. The number of hydrogen-bond acceptors (Lipinski definition) is 4. The monoisotopic (exact) mass is 324 g/mol. The third kappa shape index (κ3) is 3.52. The van der Waals surface area contributed by atoms with E-state index in [0.29, 0.717) is 18.0 Å².